The maximum absolute atomic E-state index is 11.9. The van der Waals surface area contributed by atoms with E-state index in [1.54, 1.807) is 18.2 Å². The Morgan fingerprint density at radius 3 is 2.33 bits per heavy atom. The van der Waals surface area contributed by atoms with Crippen LogP contribution in [0.4, 0.5) is 0 Å². The van der Waals surface area contributed by atoms with E-state index in [2.05, 4.69) is 0 Å². The van der Waals surface area contributed by atoms with Gasteiger partial charge < -0.3 is 10.5 Å². The predicted molar refractivity (Wildman–Crippen MR) is 70.4 cm³/mol. The van der Waals surface area contributed by atoms with Gasteiger partial charge in [-0.05, 0) is 18.6 Å². The average Bonchev–Trinajstić information content (AvgIpc) is 2.30. The summed E-state index contributed by atoms with van der Waals surface area (Å²) in [5, 5.41) is 0. The summed E-state index contributed by atoms with van der Waals surface area (Å²) >= 11 is 0. The van der Waals surface area contributed by atoms with Gasteiger partial charge in [-0.2, -0.15) is 0 Å². The molecule has 2 N–H and O–H groups in total. The molecule has 0 fully saturated rings. The van der Waals surface area contributed by atoms with Crippen molar-refractivity contribution in [1.29, 1.82) is 0 Å². The summed E-state index contributed by atoms with van der Waals surface area (Å²) in [5.41, 5.74) is 5.06. The number of carbonyl (C=O) groups excluding carboxylic acids is 1. The lowest BCUT2D eigenvalue weighted by Crippen LogP contribution is -2.32. The third-order valence-electron chi connectivity index (χ3n) is 2.35. The molecule has 0 radical (unpaired) electrons. The first kappa shape index (κ1) is 16.9. The van der Waals surface area contributed by atoms with Crippen molar-refractivity contribution in [3.05, 3.63) is 30.3 Å². The molecule has 1 rings (SSSR count). The van der Waals surface area contributed by atoms with E-state index < -0.39 is 21.8 Å². The van der Waals surface area contributed by atoms with E-state index in [1.807, 2.05) is 0 Å². The Bertz CT molecular complexity index is 475. The number of ether oxygens (including phenoxy) is 1. The van der Waals surface area contributed by atoms with E-state index in [9.17, 15) is 13.2 Å². The van der Waals surface area contributed by atoms with Crippen molar-refractivity contribution in [1.82, 2.24) is 0 Å². The quantitative estimate of drug-likeness (QED) is 0.839. The van der Waals surface area contributed by atoms with Gasteiger partial charge in [0.1, 0.15) is 6.10 Å². The second kappa shape index (κ2) is 7.35. The van der Waals surface area contributed by atoms with Crippen molar-refractivity contribution < 1.29 is 17.9 Å². The molecule has 0 aromatic heterocycles. The number of hydrogen-bond acceptors (Lipinski definition) is 4. The minimum absolute atomic E-state index is 0. The van der Waals surface area contributed by atoms with E-state index in [-0.39, 0.29) is 29.5 Å². The molecular formula is C11H16ClNO4S. The molecule has 0 heterocycles. The number of primary amides is 1. The molecule has 1 amide bonds. The molecule has 18 heavy (non-hydrogen) atoms. The number of hydrogen-bond donors (Lipinski definition) is 1. The maximum Gasteiger partial charge on any atom is 0.246 e. The zero-order chi connectivity index (χ0) is 12.9. The van der Waals surface area contributed by atoms with Crippen molar-refractivity contribution in [2.75, 3.05) is 12.9 Å². The third kappa shape index (κ3) is 4.64. The zero-order valence-corrected chi connectivity index (χ0v) is 11.5. The monoisotopic (exact) mass is 293 g/mol. The van der Waals surface area contributed by atoms with Crippen LogP contribution in [0.25, 0.3) is 0 Å². The van der Waals surface area contributed by atoms with Crippen LogP contribution in [0.3, 0.4) is 0 Å². The number of benzene rings is 1. The summed E-state index contributed by atoms with van der Waals surface area (Å²) < 4.78 is 28.5. The third-order valence-corrected chi connectivity index (χ3v) is 4.12. The Hall–Kier alpha value is -1.11. The van der Waals surface area contributed by atoms with Crippen LogP contribution in [0.5, 0.6) is 0 Å². The summed E-state index contributed by atoms with van der Waals surface area (Å²) in [5.74, 6) is -0.825. The van der Waals surface area contributed by atoms with Crippen LogP contribution in [0.15, 0.2) is 35.2 Å². The van der Waals surface area contributed by atoms with Gasteiger partial charge in [0.25, 0.3) is 0 Å². The minimum Gasteiger partial charge on any atom is -0.372 e. The molecule has 102 valence electrons. The van der Waals surface area contributed by atoms with Gasteiger partial charge in [-0.25, -0.2) is 8.42 Å². The van der Waals surface area contributed by atoms with Crippen LogP contribution in [-0.2, 0) is 19.4 Å². The highest BCUT2D eigenvalue weighted by Crippen LogP contribution is 2.12. The van der Waals surface area contributed by atoms with E-state index in [4.69, 9.17) is 10.5 Å². The molecule has 1 unspecified atom stereocenters. The van der Waals surface area contributed by atoms with Gasteiger partial charge >= 0.3 is 0 Å². The second-order valence-corrected chi connectivity index (χ2v) is 5.66. The minimum atomic E-state index is -3.39. The highest BCUT2D eigenvalue weighted by atomic mass is 35.5. The van der Waals surface area contributed by atoms with Gasteiger partial charge in [-0.15, -0.1) is 12.4 Å². The first-order valence-electron chi connectivity index (χ1n) is 5.07. The van der Waals surface area contributed by atoms with Gasteiger partial charge in [0.15, 0.2) is 9.84 Å². The number of nitrogens with two attached hydrogens (primary N) is 1. The number of carbonyl (C=O) groups is 1. The number of rotatable bonds is 6. The predicted octanol–water partition coefficient (Wildman–Crippen LogP) is 0.772. The Balaban J connectivity index is 0.00000289. The fraction of sp³-hybridized carbons (Fsp3) is 0.364. The van der Waals surface area contributed by atoms with E-state index in [0.29, 0.717) is 0 Å². The largest absolute Gasteiger partial charge is 0.372 e. The molecular weight excluding hydrogens is 278 g/mol. The van der Waals surface area contributed by atoms with Crippen molar-refractivity contribution in [2.24, 2.45) is 5.73 Å². The summed E-state index contributed by atoms with van der Waals surface area (Å²) in [6.45, 7) is 0. The second-order valence-electron chi connectivity index (χ2n) is 3.55. The number of amides is 1. The average molecular weight is 294 g/mol. The highest BCUT2D eigenvalue weighted by molar-refractivity contribution is 7.91. The van der Waals surface area contributed by atoms with Gasteiger partial charge in [0.2, 0.25) is 5.91 Å². The number of halogens is 1. The van der Waals surface area contributed by atoms with Crippen molar-refractivity contribution in [3.63, 3.8) is 0 Å². The molecule has 7 heteroatoms. The smallest absolute Gasteiger partial charge is 0.246 e. The van der Waals surface area contributed by atoms with Crippen LogP contribution >= 0.6 is 12.4 Å². The summed E-state index contributed by atoms with van der Waals surface area (Å²) in [7, 11) is -2.06. The molecule has 1 aromatic rings. The van der Waals surface area contributed by atoms with Crippen LogP contribution < -0.4 is 5.73 Å². The Kier molecular flexibility index (Phi) is 6.90. The van der Waals surface area contributed by atoms with Crippen molar-refractivity contribution >= 4 is 28.2 Å². The summed E-state index contributed by atoms with van der Waals surface area (Å²) in [4.78, 5) is 11.1. The van der Waals surface area contributed by atoms with Gasteiger partial charge in [-0.1, -0.05) is 18.2 Å². The SMILES string of the molecule is COC(CCS(=O)(=O)c1ccccc1)C(N)=O.Cl. The Morgan fingerprint density at radius 1 is 1.33 bits per heavy atom. The molecule has 0 aliphatic carbocycles. The zero-order valence-electron chi connectivity index (χ0n) is 9.91. The molecule has 0 aliphatic rings. The maximum atomic E-state index is 11.9. The first-order valence-corrected chi connectivity index (χ1v) is 6.72. The summed E-state index contributed by atoms with van der Waals surface area (Å²) in [6, 6.07) is 8.06. The lowest BCUT2D eigenvalue weighted by Gasteiger charge is -2.11. The molecule has 0 aliphatic heterocycles. The standard InChI is InChI=1S/C11H15NO4S.ClH/c1-16-10(11(12)13)7-8-17(14,15)9-5-3-2-4-6-9;/h2-6,10H,7-8H2,1H3,(H2,12,13);1H. The number of sulfone groups is 1. The number of methoxy groups -OCH3 is 1. The van der Waals surface area contributed by atoms with E-state index in [0.717, 1.165) is 0 Å². The molecule has 0 bridgehead atoms. The van der Waals surface area contributed by atoms with Gasteiger partial charge in [0.05, 0.1) is 10.6 Å². The topological polar surface area (TPSA) is 86.5 Å². The Labute approximate surface area is 113 Å². The fourth-order valence-corrected chi connectivity index (χ4v) is 2.72. The summed E-state index contributed by atoms with van der Waals surface area (Å²) in [6.07, 6.45) is -0.809. The lowest BCUT2D eigenvalue weighted by atomic mass is 10.3. The highest BCUT2D eigenvalue weighted by Gasteiger charge is 2.20. The first-order chi connectivity index (χ1) is 7.97. The molecule has 1 aromatic carbocycles. The van der Waals surface area contributed by atoms with Crippen LogP contribution in [-0.4, -0.2) is 33.3 Å². The van der Waals surface area contributed by atoms with Gasteiger partial charge in [-0.3, -0.25) is 4.79 Å². The normalized spacial score (nSPS) is 12.5. The van der Waals surface area contributed by atoms with Gasteiger partial charge in [0, 0.05) is 7.11 Å². The molecule has 0 saturated heterocycles. The molecule has 0 saturated carbocycles. The van der Waals surface area contributed by atoms with Crippen LogP contribution in [0.1, 0.15) is 6.42 Å². The van der Waals surface area contributed by atoms with E-state index >= 15 is 0 Å². The fourth-order valence-electron chi connectivity index (χ4n) is 1.38. The molecule has 0 spiro atoms. The molecule has 1 atom stereocenters. The van der Waals surface area contributed by atoms with Crippen LogP contribution in [0.2, 0.25) is 0 Å². The van der Waals surface area contributed by atoms with Crippen molar-refractivity contribution in [3.8, 4) is 0 Å². The van der Waals surface area contributed by atoms with E-state index in [1.165, 1.54) is 19.2 Å². The Morgan fingerprint density at radius 2 is 1.89 bits per heavy atom. The van der Waals surface area contributed by atoms with Crippen LogP contribution in [0, 0.1) is 0 Å². The lowest BCUT2D eigenvalue weighted by molar-refractivity contribution is -0.127. The molecule has 5 nitrogen and oxygen atoms in total. The van der Waals surface area contributed by atoms with Crippen molar-refractivity contribution in [2.45, 2.75) is 17.4 Å².